The van der Waals surface area contributed by atoms with Gasteiger partial charge in [0.1, 0.15) is 0 Å². The van der Waals surface area contributed by atoms with Crippen molar-refractivity contribution in [1.29, 1.82) is 0 Å². The second-order valence-electron chi connectivity index (χ2n) is 4.30. The molecule has 0 fully saturated rings. The summed E-state index contributed by atoms with van der Waals surface area (Å²) in [6, 6.07) is 5.76. The van der Waals surface area contributed by atoms with Gasteiger partial charge in [-0.05, 0) is 35.9 Å². The minimum atomic E-state index is -4.78. The molecule has 0 aliphatic carbocycles. The summed E-state index contributed by atoms with van der Waals surface area (Å²) in [5.74, 6) is 0. The Labute approximate surface area is 131 Å². The van der Waals surface area contributed by atoms with Gasteiger partial charge in [0.2, 0.25) is 0 Å². The standard InChI is InChI=1S/C14H5Cl2F6/c15-8-2-3-11(14(20,21)22)9(6-8)10-5-7(13(17,18)19)1-4-12(10)16/h1,3-6H. The number of hydrogen-bond donors (Lipinski definition) is 0. The van der Waals surface area contributed by atoms with Crippen molar-refractivity contribution in [2.45, 2.75) is 12.4 Å². The van der Waals surface area contributed by atoms with E-state index in [0.29, 0.717) is 18.2 Å². The second kappa shape index (κ2) is 5.66. The maximum absolute atomic E-state index is 13.0. The largest absolute Gasteiger partial charge is 0.417 e. The van der Waals surface area contributed by atoms with Crippen LogP contribution in [-0.2, 0) is 12.4 Å². The van der Waals surface area contributed by atoms with Gasteiger partial charge in [-0.1, -0.05) is 23.2 Å². The number of alkyl halides is 6. The Morgan fingerprint density at radius 3 is 2.00 bits per heavy atom. The number of benzene rings is 2. The lowest BCUT2D eigenvalue weighted by atomic mass is 9.97. The predicted molar refractivity (Wildman–Crippen MR) is 70.7 cm³/mol. The van der Waals surface area contributed by atoms with Gasteiger partial charge in [-0.25, -0.2) is 0 Å². The molecular formula is C14H5Cl2F6. The normalized spacial score (nSPS) is 12.5. The number of halogens is 8. The Morgan fingerprint density at radius 2 is 1.45 bits per heavy atom. The first kappa shape index (κ1) is 17.0. The van der Waals surface area contributed by atoms with Crippen LogP contribution in [0, 0.1) is 6.07 Å². The van der Waals surface area contributed by atoms with Gasteiger partial charge in [-0.15, -0.1) is 0 Å². The van der Waals surface area contributed by atoms with Crippen molar-refractivity contribution in [1.82, 2.24) is 0 Å². The van der Waals surface area contributed by atoms with Crippen LogP contribution >= 0.6 is 23.2 Å². The molecule has 22 heavy (non-hydrogen) atoms. The van der Waals surface area contributed by atoms with E-state index in [9.17, 15) is 26.3 Å². The quantitative estimate of drug-likeness (QED) is 0.511. The van der Waals surface area contributed by atoms with E-state index < -0.39 is 34.6 Å². The van der Waals surface area contributed by atoms with E-state index >= 15 is 0 Å². The molecule has 0 nitrogen and oxygen atoms in total. The third-order valence-electron chi connectivity index (χ3n) is 2.80. The molecular weight excluding hydrogens is 353 g/mol. The molecule has 2 rings (SSSR count). The predicted octanol–water partition coefficient (Wildman–Crippen LogP) is 6.50. The molecule has 0 atom stereocenters. The van der Waals surface area contributed by atoms with Crippen molar-refractivity contribution in [3.05, 3.63) is 57.6 Å². The molecule has 2 aromatic rings. The van der Waals surface area contributed by atoms with E-state index in [4.69, 9.17) is 23.2 Å². The van der Waals surface area contributed by atoms with Crippen LogP contribution in [0.2, 0.25) is 10.0 Å². The summed E-state index contributed by atoms with van der Waals surface area (Å²) in [6.45, 7) is 0. The fourth-order valence-electron chi connectivity index (χ4n) is 1.83. The molecule has 0 aromatic heterocycles. The van der Waals surface area contributed by atoms with Crippen LogP contribution in [0.3, 0.4) is 0 Å². The molecule has 0 aliphatic heterocycles. The zero-order chi connectivity index (χ0) is 16.7. The molecule has 0 N–H and O–H groups in total. The van der Waals surface area contributed by atoms with Crippen LogP contribution in [0.25, 0.3) is 11.1 Å². The van der Waals surface area contributed by atoms with Crippen molar-refractivity contribution < 1.29 is 26.3 Å². The maximum atomic E-state index is 13.0. The van der Waals surface area contributed by atoms with E-state index in [1.54, 1.807) is 0 Å². The summed E-state index contributed by atoms with van der Waals surface area (Å²) in [4.78, 5) is 0. The summed E-state index contributed by atoms with van der Waals surface area (Å²) in [5, 5.41) is -0.419. The van der Waals surface area contributed by atoms with Crippen molar-refractivity contribution in [3.8, 4) is 11.1 Å². The smallest absolute Gasteiger partial charge is 0.166 e. The van der Waals surface area contributed by atoms with Gasteiger partial charge in [-0.2, -0.15) is 26.3 Å². The number of rotatable bonds is 1. The molecule has 0 unspecified atom stereocenters. The lowest BCUT2D eigenvalue weighted by Crippen LogP contribution is -2.08. The zero-order valence-corrected chi connectivity index (χ0v) is 11.9. The third kappa shape index (κ3) is 3.50. The van der Waals surface area contributed by atoms with Crippen LogP contribution in [0.4, 0.5) is 26.3 Å². The highest BCUT2D eigenvalue weighted by Gasteiger charge is 2.35. The van der Waals surface area contributed by atoms with Gasteiger partial charge in [0.05, 0.1) is 11.1 Å². The van der Waals surface area contributed by atoms with Crippen LogP contribution < -0.4 is 0 Å². The Morgan fingerprint density at radius 1 is 0.818 bits per heavy atom. The van der Waals surface area contributed by atoms with Gasteiger partial charge in [-0.3, -0.25) is 0 Å². The lowest BCUT2D eigenvalue weighted by molar-refractivity contribution is -0.137. The molecule has 0 aliphatic rings. The van der Waals surface area contributed by atoms with E-state index in [0.717, 1.165) is 12.1 Å². The van der Waals surface area contributed by atoms with Crippen LogP contribution in [0.1, 0.15) is 11.1 Å². The van der Waals surface area contributed by atoms with Crippen molar-refractivity contribution in [3.63, 3.8) is 0 Å². The molecule has 2 aromatic carbocycles. The summed E-state index contributed by atoms with van der Waals surface area (Å²) in [6.07, 6.45) is -9.49. The monoisotopic (exact) mass is 357 g/mol. The topological polar surface area (TPSA) is 0 Å². The molecule has 8 heteroatoms. The fraction of sp³-hybridized carbons (Fsp3) is 0.143. The first-order valence-corrected chi connectivity index (χ1v) is 6.41. The van der Waals surface area contributed by atoms with E-state index in [1.165, 1.54) is 0 Å². The summed E-state index contributed by atoms with van der Waals surface area (Å²) in [7, 11) is 0. The summed E-state index contributed by atoms with van der Waals surface area (Å²) in [5.41, 5.74) is -3.21. The van der Waals surface area contributed by atoms with Gasteiger partial charge < -0.3 is 0 Å². The number of hydrogen-bond acceptors (Lipinski definition) is 0. The Bertz CT molecular complexity index is 703. The van der Waals surface area contributed by atoms with Gasteiger partial charge in [0, 0.05) is 21.7 Å². The van der Waals surface area contributed by atoms with Gasteiger partial charge in [0.15, 0.2) is 0 Å². The van der Waals surface area contributed by atoms with Crippen molar-refractivity contribution in [2.24, 2.45) is 0 Å². The van der Waals surface area contributed by atoms with Crippen LogP contribution in [-0.4, -0.2) is 0 Å². The van der Waals surface area contributed by atoms with Crippen LogP contribution in [0.5, 0.6) is 0 Å². The third-order valence-corrected chi connectivity index (χ3v) is 3.35. The van der Waals surface area contributed by atoms with E-state index in [2.05, 4.69) is 6.07 Å². The SMILES string of the molecule is FC(F)(F)c1ccc(Cl)c(-c2cc(Cl)[c]cc2C(F)(F)F)c1. The summed E-state index contributed by atoms with van der Waals surface area (Å²) < 4.78 is 77.2. The second-order valence-corrected chi connectivity index (χ2v) is 5.11. The first-order valence-electron chi connectivity index (χ1n) is 5.65. The molecule has 0 saturated heterocycles. The van der Waals surface area contributed by atoms with Gasteiger partial charge in [0.25, 0.3) is 0 Å². The highest BCUT2D eigenvalue weighted by Crippen LogP contribution is 2.42. The maximum Gasteiger partial charge on any atom is 0.417 e. The Hall–Kier alpha value is -1.40. The highest BCUT2D eigenvalue weighted by molar-refractivity contribution is 6.34. The Balaban J connectivity index is 2.74. The molecule has 0 saturated carbocycles. The minimum Gasteiger partial charge on any atom is -0.166 e. The molecule has 0 amide bonds. The van der Waals surface area contributed by atoms with Crippen molar-refractivity contribution >= 4 is 23.2 Å². The molecule has 0 bridgehead atoms. The highest BCUT2D eigenvalue weighted by atomic mass is 35.5. The van der Waals surface area contributed by atoms with E-state index in [-0.39, 0.29) is 10.0 Å². The van der Waals surface area contributed by atoms with E-state index in [1.807, 2.05) is 0 Å². The average Bonchev–Trinajstić information content (AvgIpc) is 2.36. The van der Waals surface area contributed by atoms with Crippen molar-refractivity contribution in [2.75, 3.05) is 0 Å². The Kier molecular flexibility index (Phi) is 4.37. The first-order chi connectivity index (χ1) is 10.00. The van der Waals surface area contributed by atoms with Crippen LogP contribution in [0.15, 0.2) is 30.3 Å². The lowest BCUT2D eigenvalue weighted by Gasteiger charge is -2.16. The zero-order valence-electron chi connectivity index (χ0n) is 10.4. The molecule has 117 valence electrons. The minimum absolute atomic E-state index is 0.170. The average molecular weight is 358 g/mol. The van der Waals surface area contributed by atoms with Gasteiger partial charge >= 0.3 is 12.4 Å². The summed E-state index contributed by atoms with van der Waals surface area (Å²) >= 11 is 11.4. The fourth-order valence-corrected chi connectivity index (χ4v) is 2.21. The molecule has 0 heterocycles. The molecule has 0 spiro atoms. The molecule has 1 radical (unpaired) electrons.